The topological polar surface area (TPSA) is 76.7 Å². The molecular formula is C23H24NO5S3+. The van der Waals surface area contributed by atoms with E-state index >= 15 is 0 Å². The van der Waals surface area contributed by atoms with Crippen molar-refractivity contribution >= 4 is 65.2 Å². The van der Waals surface area contributed by atoms with E-state index in [4.69, 9.17) is 9.47 Å². The maximum atomic E-state index is 11.3. The number of methoxy groups -OCH3 is 2. The number of thiazole rings is 1. The van der Waals surface area contributed by atoms with E-state index in [1.54, 1.807) is 36.9 Å². The van der Waals surface area contributed by atoms with Crippen molar-refractivity contribution in [2.24, 2.45) is 0 Å². The van der Waals surface area contributed by atoms with Crippen LogP contribution in [0.2, 0.25) is 0 Å². The summed E-state index contributed by atoms with van der Waals surface area (Å²) >= 11 is 3.26. The van der Waals surface area contributed by atoms with Gasteiger partial charge in [-0.3, -0.25) is 4.55 Å². The Morgan fingerprint density at radius 1 is 1.09 bits per heavy atom. The molecule has 0 saturated heterocycles. The third kappa shape index (κ3) is 4.66. The molecule has 0 fully saturated rings. The quantitative estimate of drug-likeness (QED) is 0.272. The van der Waals surface area contributed by atoms with Crippen LogP contribution in [0.5, 0.6) is 11.5 Å². The normalized spacial score (nSPS) is 12.2. The zero-order valence-electron chi connectivity index (χ0n) is 18.0. The maximum absolute atomic E-state index is 11.3. The largest absolute Gasteiger partial charge is 0.496 e. The van der Waals surface area contributed by atoms with Gasteiger partial charge in [-0.25, -0.2) is 0 Å². The van der Waals surface area contributed by atoms with Gasteiger partial charge < -0.3 is 9.47 Å². The number of rotatable bonds is 8. The lowest BCUT2D eigenvalue weighted by atomic mass is 10.1. The molecule has 0 bridgehead atoms. The summed E-state index contributed by atoms with van der Waals surface area (Å²) < 4.78 is 47.0. The molecule has 168 valence electrons. The van der Waals surface area contributed by atoms with E-state index in [1.165, 1.54) is 0 Å². The molecule has 0 amide bonds. The summed E-state index contributed by atoms with van der Waals surface area (Å²) in [6.07, 6.45) is 4.40. The van der Waals surface area contributed by atoms with Gasteiger partial charge in [0.15, 0.2) is 6.54 Å². The van der Waals surface area contributed by atoms with Gasteiger partial charge in [-0.1, -0.05) is 17.4 Å². The van der Waals surface area contributed by atoms with Crippen LogP contribution in [0.25, 0.3) is 32.5 Å². The fourth-order valence-electron chi connectivity index (χ4n) is 3.77. The summed E-state index contributed by atoms with van der Waals surface area (Å²) in [6, 6.07) is 10.1. The molecule has 0 radical (unpaired) electrons. The highest BCUT2D eigenvalue weighted by Gasteiger charge is 2.24. The Kier molecular flexibility index (Phi) is 6.52. The maximum Gasteiger partial charge on any atom is 0.265 e. The minimum atomic E-state index is -4.01. The van der Waals surface area contributed by atoms with Gasteiger partial charge in [0.2, 0.25) is 5.52 Å². The lowest BCUT2D eigenvalue weighted by molar-refractivity contribution is -0.667. The lowest BCUT2D eigenvalue weighted by Gasteiger charge is -2.04. The number of aryl methyl sites for hydroxylation is 2. The highest BCUT2D eigenvalue weighted by molar-refractivity contribution is 7.85. The van der Waals surface area contributed by atoms with E-state index in [9.17, 15) is 13.0 Å². The van der Waals surface area contributed by atoms with Gasteiger partial charge in [0.1, 0.15) is 20.9 Å². The highest BCUT2D eigenvalue weighted by Crippen LogP contribution is 2.38. The Labute approximate surface area is 195 Å². The van der Waals surface area contributed by atoms with Crippen molar-refractivity contribution in [2.45, 2.75) is 19.9 Å². The first-order valence-electron chi connectivity index (χ1n) is 9.99. The summed E-state index contributed by atoms with van der Waals surface area (Å²) in [5.41, 5.74) is 3.16. The summed E-state index contributed by atoms with van der Waals surface area (Å²) in [5.74, 6) is 1.39. The third-order valence-electron chi connectivity index (χ3n) is 5.23. The molecule has 0 atom stereocenters. The van der Waals surface area contributed by atoms with Gasteiger partial charge in [-0.05, 0) is 47.7 Å². The molecule has 0 unspecified atom stereocenters. The molecule has 0 saturated carbocycles. The summed E-state index contributed by atoms with van der Waals surface area (Å²) in [4.78, 5) is 0. The highest BCUT2D eigenvalue weighted by atomic mass is 32.2. The lowest BCUT2D eigenvalue weighted by Crippen LogP contribution is -2.36. The van der Waals surface area contributed by atoms with Crippen LogP contribution < -0.4 is 14.0 Å². The summed E-state index contributed by atoms with van der Waals surface area (Å²) in [5, 5.41) is 4.06. The van der Waals surface area contributed by atoms with Crippen LogP contribution in [-0.4, -0.2) is 32.9 Å². The zero-order valence-corrected chi connectivity index (χ0v) is 20.4. The number of benzene rings is 2. The summed E-state index contributed by atoms with van der Waals surface area (Å²) in [7, 11) is -0.687. The van der Waals surface area contributed by atoms with Gasteiger partial charge in [-0.2, -0.15) is 13.0 Å². The number of aromatic nitrogens is 1. The van der Waals surface area contributed by atoms with Crippen LogP contribution in [0, 0.1) is 6.92 Å². The summed E-state index contributed by atoms with van der Waals surface area (Å²) in [6.45, 7) is 2.48. The smallest absolute Gasteiger partial charge is 0.265 e. The van der Waals surface area contributed by atoms with Crippen LogP contribution in [0.4, 0.5) is 0 Å². The average molecular weight is 491 g/mol. The number of fused-ring (bicyclic) bond motifs is 3. The molecule has 32 heavy (non-hydrogen) atoms. The van der Waals surface area contributed by atoms with Crippen LogP contribution >= 0.6 is 22.7 Å². The van der Waals surface area contributed by atoms with Crippen LogP contribution in [0.15, 0.2) is 35.7 Å². The number of thiophene rings is 1. The molecule has 0 aliphatic rings. The number of nitrogens with zero attached hydrogens (tertiary/aromatic N) is 1. The Hall–Kier alpha value is -2.46. The zero-order chi connectivity index (χ0) is 22.9. The molecule has 2 aromatic heterocycles. The van der Waals surface area contributed by atoms with Crippen LogP contribution in [0.1, 0.15) is 22.6 Å². The molecule has 1 N–H and O–H groups in total. The van der Waals surface area contributed by atoms with E-state index in [0.29, 0.717) is 13.0 Å². The van der Waals surface area contributed by atoms with Gasteiger partial charge in [0.25, 0.3) is 15.1 Å². The SMILES string of the molecule is COc1ccc(/C=C/c2sc3cc(OC)c4ccsc4c3[n+]2CCCS(=O)(=O)O)cc1C. The second-order valence-corrected chi connectivity index (χ2v) is 10.9. The van der Waals surface area contributed by atoms with Crippen molar-refractivity contribution in [3.05, 3.63) is 51.8 Å². The van der Waals surface area contributed by atoms with Gasteiger partial charge >= 0.3 is 0 Å². The van der Waals surface area contributed by atoms with E-state index in [-0.39, 0.29) is 5.75 Å². The number of ether oxygens (including phenoxy) is 2. The molecule has 2 heterocycles. The van der Waals surface area contributed by atoms with Gasteiger partial charge in [-0.15, -0.1) is 11.3 Å². The van der Waals surface area contributed by atoms with Crippen molar-refractivity contribution < 1.29 is 27.0 Å². The van der Waals surface area contributed by atoms with Gasteiger partial charge in [0.05, 0.1) is 20.0 Å². The molecule has 9 heteroatoms. The monoisotopic (exact) mass is 490 g/mol. The Bertz CT molecular complexity index is 1420. The molecule has 0 spiro atoms. The fraction of sp³-hybridized carbons (Fsp3) is 0.261. The molecule has 6 nitrogen and oxygen atoms in total. The average Bonchev–Trinajstić information content (AvgIpc) is 3.35. The number of hydrogen-bond donors (Lipinski definition) is 1. The Morgan fingerprint density at radius 3 is 2.56 bits per heavy atom. The van der Waals surface area contributed by atoms with Crippen molar-refractivity contribution in [3.63, 3.8) is 0 Å². The standard InChI is InChI=1S/C23H23NO5S3/c1-15-13-16(5-7-18(15)28-2)6-8-21-24(10-4-12-32(25,26)27)22-20(31-21)14-19(29-3)17-9-11-30-23(17)22/h5-9,11,13-14H,4,10,12H2,1-3H3/p+1/b8-6+. The Morgan fingerprint density at radius 2 is 1.88 bits per heavy atom. The first kappa shape index (κ1) is 22.7. The van der Waals surface area contributed by atoms with Crippen molar-refractivity contribution in [1.29, 1.82) is 0 Å². The minimum absolute atomic E-state index is 0.276. The first-order valence-corrected chi connectivity index (χ1v) is 13.3. The van der Waals surface area contributed by atoms with Gasteiger partial charge in [0, 0.05) is 23.9 Å². The number of hydrogen-bond acceptors (Lipinski definition) is 6. The van der Waals surface area contributed by atoms with E-state index < -0.39 is 10.1 Å². The van der Waals surface area contributed by atoms with E-state index in [0.717, 1.165) is 47.9 Å². The predicted molar refractivity (Wildman–Crippen MR) is 132 cm³/mol. The Balaban J connectivity index is 1.81. The second kappa shape index (κ2) is 9.19. The third-order valence-corrected chi connectivity index (χ3v) is 8.06. The van der Waals surface area contributed by atoms with Crippen molar-refractivity contribution in [1.82, 2.24) is 0 Å². The van der Waals surface area contributed by atoms with Crippen molar-refractivity contribution in [2.75, 3.05) is 20.0 Å². The van der Waals surface area contributed by atoms with E-state index in [1.807, 2.05) is 48.7 Å². The minimum Gasteiger partial charge on any atom is -0.496 e. The molecule has 2 aromatic carbocycles. The molecular weight excluding hydrogens is 466 g/mol. The fourth-order valence-corrected chi connectivity index (χ4v) is 6.42. The van der Waals surface area contributed by atoms with Crippen molar-refractivity contribution in [3.8, 4) is 11.5 Å². The predicted octanol–water partition coefficient (Wildman–Crippen LogP) is 5.18. The molecule has 0 aliphatic heterocycles. The van der Waals surface area contributed by atoms with Crippen LogP contribution in [0.3, 0.4) is 0 Å². The molecule has 4 aromatic rings. The molecule has 4 rings (SSSR count). The van der Waals surface area contributed by atoms with E-state index in [2.05, 4.69) is 10.6 Å². The second-order valence-electron chi connectivity index (χ2n) is 7.38. The first-order chi connectivity index (χ1) is 15.3. The molecule has 0 aliphatic carbocycles. The van der Waals surface area contributed by atoms with Crippen LogP contribution in [-0.2, 0) is 16.7 Å².